The summed E-state index contributed by atoms with van der Waals surface area (Å²) in [6, 6.07) is 8.03. The number of guanidine groups is 1. The predicted octanol–water partition coefficient (Wildman–Crippen LogP) is 3.40. The highest BCUT2D eigenvalue weighted by atomic mass is 127. The molecule has 0 saturated carbocycles. The molecule has 0 aromatic heterocycles. The molecule has 24 heavy (non-hydrogen) atoms. The third kappa shape index (κ3) is 8.03. The Morgan fingerprint density at radius 1 is 1.29 bits per heavy atom. The van der Waals surface area contributed by atoms with Gasteiger partial charge >= 0.3 is 0 Å². The molecule has 136 valence electrons. The molecule has 0 aliphatic carbocycles. The summed E-state index contributed by atoms with van der Waals surface area (Å²) in [5, 5.41) is 7.55. The Hall–Kier alpha value is -0.530. The zero-order valence-electron chi connectivity index (χ0n) is 14.7. The van der Waals surface area contributed by atoms with Gasteiger partial charge in [-0.2, -0.15) is 0 Å². The lowest BCUT2D eigenvalue weighted by Crippen LogP contribution is -2.39. The van der Waals surface area contributed by atoms with E-state index in [4.69, 9.17) is 16.6 Å². The number of piperidine rings is 1. The van der Waals surface area contributed by atoms with Crippen LogP contribution in [0.3, 0.4) is 0 Å². The molecule has 1 fully saturated rings. The van der Waals surface area contributed by atoms with Crippen LogP contribution >= 0.6 is 35.6 Å². The Kier molecular flexibility index (Phi) is 10.7. The minimum Gasteiger partial charge on any atom is -0.357 e. The largest absolute Gasteiger partial charge is 0.357 e. The van der Waals surface area contributed by atoms with E-state index in [-0.39, 0.29) is 24.0 Å². The van der Waals surface area contributed by atoms with Gasteiger partial charge < -0.3 is 15.5 Å². The maximum Gasteiger partial charge on any atom is 0.191 e. The zero-order chi connectivity index (χ0) is 16.5. The molecule has 0 unspecified atom stereocenters. The van der Waals surface area contributed by atoms with E-state index in [9.17, 15) is 0 Å². The summed E-state index contributed by atoms with van der Waals surface area (Å²) in [5.41, 5.74) is 1.25. The van der Waals surface area contributed by atoms with Gasteiger partial charge in [-0.15, -0.1) is 24.0 Å². The second kappa shape index (κ2) is 11.9. The Balaban J connectivity index is 0.00000288. The Labute approximate surface area is 168 Å². The molecule has 1 aliphatic heterocycles. The van der Waals surface area contributed by atoms with Crippen molar-refractivity contribution in [3.63, 3.8) is 0 Å². The Morgan fingerprint density at radius 2 is 2.04 bits per heavy atom. The van der Waals surface area contributed by atoms with Crippen LogP contribution in [0.1, 0.15) is 25.3 Å². The lowest BCUT2D eigenvalue weighted by atomic mass is 9.97. The number of halogens is 2. The molecule has 1 heterocycles. The molecule has 2 rings (SSSR count). The highest BCUT2D eigenvalue weighted by Crippen LogP contribution is 2.16. The average Bonchev–Trinajstić information content (AvgIpc) is 2.54. The fourth-order valence-corrected chi connectivity index (χ4v) is 3.04. The van der Waals surface area contributed by atoms with Crippen LogP contribution in [0.25, 0.3) is 0 Å². The molecule has 2 N–H and O–H groups in total. The molecule has 1 aromatic rings. The third-order valence-electron chi connectivity index (χ3n) is 4.29. The van der Waals surface area contributed by atoms with Gasteiger partial charge in [-0.1, -0.05) is 23.7 Å². The van der Waals surface area contributed by atoms with Crippen molar-refractivity contribution in [2.45, 2.75) is 26.2 Å². The Morgan fingerprint density at radius 3 is 2.71 bits per heavy atom. The number of aliphatic imine (C=N–C) groups is 1. The zero-order valence-corrected chi connectivity index (χ0v) is 17.8. The number of nitrogens with one attached hydrogen (secondary N) is 2. The average molecular weight is 465 g/mol. The van der Waals surface area contributed by atoms with Crippen molar-refractivity contribution in [2.75, 3.05) is 39.8 Å². The molecular formula is C18H30ClIN4. The minimum absolute atomic E-state index is 0. The molecule has 1 saturated heterocycles. The summed E-state index contributed by atoms with van der Waals surface area (Å²) in [6.45, 7) is 7.15. The Bertz CT molecular complexity index is 502. The summed E-state index contributed by atoms with van der Waals surface area (Å²) in [7, 11) is 2.20. The van der Waals surface area contributed by atoms with Crippen molar-refractivity contribution in [3.05, 3.63) is 34.9 Å². The summed E-state index contributed by atoms with van der Waals surface area (Å²) in [4.78, 5) is 7.16. The first kappa shape index (κ1) is 21.5. The van der Waals surface area contributed by atoms with Crippen molar-refractivity contribution in [3.8, 4) is 0 Å². The van der Waals surface area contributed by atoms with Crippen LogP contribution in [0.2, 0.25) is 5.02 Å². The van der Waals surface area contributed by atoms with Crippen LogP contribution in [0.4, 0.5) is 0 Å². The van der Waals surface area contributed by atoms with Crippen molar-refractivity contribution in [1.29, 1.82) is 0 Å². The molecule has 0 amide bonds. The first-order valence-electron chi connectivity index (χ1n) is 8.62. The minimum atomic E-state index is 0. The highest BCUT2D eigenvalue weighted by molar-refractivity contribution is 14.0. The molecule has 6 heteroatoms. The van der Waals surface area contributed by atoms with Gasteiger partial charge in [0, 0.05) is 24.7 Å². The molecule has 0 spiro atoms. The fraction of sp³-hybridized carbons (Fsp3) is 0.611. The molecule has 4 nitrogen and oxygen atoms in total. The van der Waals surface area contributed by atoms with Crippen LogP contribution in [-0.2, 0) is 6.42 Å². The van der Waals surface area contributed by atoms with E-state index >= 15 is 0 Å². The van der Waals surface area contributed by atoms with Crippen molar-refractivity contribution in [1.82, 2.24) is 15.5 Å². The lowest BCUT2D eigenvalue weighted by Gasteiger charge is -2.28. The van der Waals surface area contributed by atoms with Crippen molar-refractivity contribution < 1.29 is 0 Å². The van der Waals surface area contributed by atoms with Gasteiger partial charge in [0.25, 0.3) is 0 Å². The molecule has 0 bridgehead atoms. The quantitative estimate of drug-likeness (QED) is 0.385. The standard InChI is InChI=1S/C18H29ClN4.HI/c1-3-20-18(22-14-16-8-11-23(2)12-9-16)21-10-7-15-5-4-6-17(19)13-15;/h4-6,13,16H,3,7-12,14H2,1-2H3,(H2,20,21,22);1H. The second-order valence-corrected chi connectivity index (χ2v) is 6.71. The molecule has 0 radical (unpaired) electrons. The topological polar surface area (TPSA) is 39.7 Å². The van der Waals surface area contributed by atoms with Crippen LogP contribution < -0.4 is 10.6 Å². The summed E-state index contributed by atoms with van der Waals surface area (Å²) < 4.78 is 0. The van der Waals surface area contributed by atoms with Crippen molar-refractivity contribution in [2.24, 2.45) is 10.9 Å². The number of rotatable bonds is 6. The lowest BCUT2D eigenvalue weighted by molar-refractivity contribution is 0.223. The van der Waals surface area contributed by atoms with E-state index in [2.05, 4.69) is 35.6 Å². The van der Waals surface area contributed by atoms with Crippen LogP contribution in [0, 0.1) is 5.92 Å². The number of benzene rings is 1. The summed E-state index contributed by atoms with van der Waals surface area (Å²) in [6.07, 6.45) is 3.45. The van der Waals surface area contributed by atoms with Gasteiger partial charge in [-0.3, -0.25) is 4.99 Å². The van der Waals surface area contributed by atoms with E-state index in [1.807, 2.05) is 18.2 Å². The normalized spacial score (nSPS) is 16.5. The van der Waals surface area contributed by atoms with Gasteiger partial charge in [0.1, 0.15) is 0 Å². The maximum absolute atomic E-state index is 6.02. The number of hydrogen-bond donors (Lipinski definition) is 2. The maximum atomic E-state index is 6.02. The molecule has 0 atom stereocenters. The first-order valence-corrected chi connectivity index (χ1v) is 9.00. The third-order valence-corrected chi connectivity index (χ3v) is 4.52. The second-order valence-electron chi connectivity index (χ2n) is 6.27. The van der Waals surface area contributed by atoms with Crippen LogP contribution in [0.15, 0.2) is 29.3 Å². The van der Waals surface area contributed by atoms with Crippen LogP contribution in [0.5, 0.6) is 0 Å². The smallest absolute Gasteiger partial charge is 0.191 e. The van der Waals surface area contributed by atoms with Gasteiger partial charge in [0.15, 0.2) is 5.96 Å². The van der Waals surface area contributed by atoms with Gasteiger partial charge in [0.05, 0.1) is 0 Å². The number of likely N-dealkylation sites (tertiary alicyclic amines) is 1. The number of hydrogen-bond acceptors (Lipinski definition) is 2. The molecule has 1 aromatic carbocycles. The SMILES string of the molecule is CCNC(=NCC1CCN(C)CC1)NCCc1cccc(Cl)c1.I. The first-order chi connectivity index (χ1) is 11.2. The number of nitrogens with zero attached hydrogens (tertiary/aromatic N) is 2. The highest BCUT2D eigenvalue weighted by Gasteiger charge is 2.16. The summed E-state index contributed by atoms with van der Waals surface area (Å²) >= 11 is 6.02. The van der Waals surface area contributed by atoms with Crippen LogP contribution in [-0.4, -0.2) is 50.6 Å². The van der Waals surface area contributed by atoms with E-state index in [1.165, 1.54) is 31.5 Å². The monoisotopic (exact) mass is 464 g/mol. The van der Waals surface area contributed by atoms with E-state index in [0.717, 1.165) is 43.0 Å². The summed E-state index contributed by atoms with van der Waals surface area (Å²) in [5.74, 6) is 1.64. The van der Waals surface area contributed by atoms with Crippen molar-refractivity contribution >= 4 is 41.5 Å². The van der Waals surface area contributed by atoms with Gasteiger partial charge in [-0.05, 0) is 69.9 Å². The fourth-order valence-electron chi connectivity index (χ4n) is 2.82. The molecule has 1 aliphatic rings. The predicted molar refractivity (Wildman–Crippen MR) is 115 cm³/mol. The van der Waals surface area contributed by atoms with Gasteiger partial charge in [0.2, 0.25) is 0 Å². The van der Waals surface area contributed by atoms with E-state index < -0.39 is 0 Å². The van der Waals surface area contributed by atoms with E-state index in [1.54, 1.807) is 0 Å². The molecular weight excluding hydrogens is 435 g/mol. The van der Waals surface area contributed by atoms with E-state index in [0.29, 0.717) is 0 Å². The van der Waals surface area contributed by atoms with Gasteiger partial charge in [-0.25, -0.2) is 0 Å².